The van der Waals surface area contributed by atoms with Crippen LogP contribution in [0.25, 0.3) is 11.0 Å². The van der Waals surface area contributed by atoms with Crippen LogP contribution in [-0.2, 0) is 0 Å². The van der Waals surface area contributed by atoms with E-state index in [9.17, 15) is 27.5 Å². The van der Waals surface area contributed by atoms with Crippen LogP contribution in [0.3, 0.4) is 0 Å². The lowest BCUT2D eigenvalue weighted by molar-refractivity contribution is -0.158. The molecule has 1 aromatic carbocycles. The van der Waals surface area contributed by atoms with Gasteiger partial charge in [-0.2, -0.15) is 13.2 Å². The second-order valence-electron chi connectivity index (χ2n) is 7.26. The molecule has 2 amide bonds. The minimum absolute atomic E-state index is 0.00607. The van der Waals surface area contributed by atoms with Crippen LogP contribution >= 0.6 is 11.6 Å². The summed E-state index contributed by atoms with van der Waals surface area (Å²) in [6.07, 6.45) is -2.93. The molecule has 8 nitrogen and oxygen atoms in total. The predicted molar refractivity (Wildman–Crippen MR) is 107 cm³/mol. The molecule has 0 spiro atoms. The number of amides is 2. The first-order valence-corrected chi connectivity index (χ1v) is 9.68. The lowest BCUT2D eigenvalue weighted by atomic mass is 10.1. The van der Waals surface area contributed by atoms with E-state index in [1.165, 1.54) is 19.3 Å². The number of anilines is 2. The maximum atomic E-state index is 13.8. The molecule has 170 valence electrons. The zero-order valence-electron chi connectivity index (χ0n) is 16.4. The molecule has 0 saturated carbocycles. The first-order chi connectivity index (χ1) is 15.0. The number of aromatic nitrogens is 2. The van der Waals surface area contributed by atoms with E-state index >= 15 is 0 Å². The summed E-state index contributed by atoms with van der Waals surface area (Å²) in [7, 11) is 0. The van der Waals surface area contributed by atoms with Crippen molar-refractivity contribution in [1.29, 1.82) is 0 Å². The number of nitrogens with one attached hydrogen (secondary N) is 2. The van der Waals surface area contributed by atoms with Gasteiger partial charge in [-0.05, 0) is 19.1 Å². The Bertz CT molecular complexity index is 1160. The molecule has 3 N–H and O–H groups in total. The molecule has 3 aromatic rings. The normalized spacial score (nSPS) is 15.5. The Morgan fingerprint density at radius 1 is 1.31 bits per heavy atom. The first kappa shape index (κ1) is 22.1. The SMILES string of the molecule is Cc1c([C@H](NC(=O)Nc2cnc(N3CC(O)C3)nc2)C(F)(F)F)oc2c(Cl)cc(F)cc12. The van der Waals surface area contributed by atoms with Gasteiger partial charge in [0.1, 0.15) is 11.6 Å². The van der Waals surface area contributed by atoms with Crippen molar-refractivity contribution in [3.8, 4) is 0 Å². The van der Waals surface area contributed by atoms with Gasteiger partial charge in [-0.15, -0.1) is 0 Å². The van der Waals surface area contributed by atoms with Gasteiger partial charge in [0.05, 0.1) is 29.2 Å². The van der Waals surface area contributed by atoms with E-state index in [0.29, 0.717) is 19.0 Å². The minimum atomic E-state index is -4.92. The lowest BCUT2D eigenvalue weighted by Gasteiger charge is -2.35. The highest BCUT2D eigenvalue weighted by Gasteiger charge is 2.45. The number of urea groups is 1. The number of nitrogens with zero attached hydrogens (tertiary/aromatic N) is 3. The second-order valence-corrected chi connectivity index (χ2v) is 7.67. The number of fused-ring (bicyclic) bond motifs is 1. The van der Waals surface area contributed by atoms with Crippen LogP contribution < -0.4 is 15.5 Å². The number of rotatable bonds is 4. The van der Waals surface area contributed by atoms with Crippen LogP contribution in [-0.4, -0.2) is 46.5 Å². The number of carbonyl (C=O) groups excluding carboxylic acids is 1. The molecule has 1 atom stereocenters. The summed E-state index contributed by atoms with van der Waals surface area (Å²) < 4.78 is 60.2. The third kappa shape index (κ3) is 4.28. The molecule has 0 bridgehead atoms. The van der Waals surface area contributed by atoms with Gasteiger partial charge in [0.15, 0.2) is 11.6 Å². The highest BCUT2D eigenvalue weighted by molar-refractivity contribution is 6.34. The van der Waals surface area contributed by atoms with E-state index in [0.717, 1.165) is 12.1 Å². The van der Waals surface area contributed by atoms with E-state index in [1.54, 1.807) is 4.90 Å². The molecule has 13 heteroatoms. The number of aliphatic hydroxyl groups excluding tert-OH is 1. The van der Waals surface area contributed by atoms with Crippen molar-refractivity contribution in [3.63, 3.8) is 0 Å². The summed E-state index contributed by atoms with van der Waals surface area (Å²) in [5, 5.41) is 13.2. The third-order valence-corrected chi connectivity index (χ3v) is 5.18. The number of aryl methyl sites for hydroxylation is 1. The standard InChI is InChI=1S/C19H16ClF4N5O3/c1-8-12-2-9(21)3-13(20)15(12)32-14(8)16(19(22,23)24)28-18(31)27-10-4-25-17(26-5-10)29-6-11(30)7-29/h2-5,11,16,30H,6-7H2,1H3,(H2,27,28,31)/t16-/m0/s1. The van der Waals surface area contributed by atoms with Crippen molar-refractivity contribution >= 4 is 40.2 Å². The fourth-order valence-electron chi connectivity index (χ4n) is 3.30. The van der Waals surface area contributed by atoms with Crippen LogP contribution in [0.5, 0.6) is 0 Å². The summed E-state index contributed by atoms with van der Waals surface area (Å²) in [6, 6.07) is -1.77. The van der Waals surface area contributed by atoms with Gasteiger partial charge in [0.2, 0.25) is 5.95 Å². The number of furan rings is 1. The van der Waals surface area contributed by atoms with Gasteiger partial charge in [-0.3, -0.25) is 0 Å². The predicted octanol–water partition coefficient (Wildman–Crippen LogP) is 3.93. The van der Waals surface area contributed by atoms with E-state index in [4.69, 9.17) is 16.0 Å². The molecule has 1 fully saturated rings. The van der Waals surface area contributed by atoms with Crippen molar-refractivity contribution in [2.75, 3.05) is 23.3 Å². The molecule has 2 aromatic heterocycles. The van der Waals surface area contributed by atoms with Crippen molar-refractivity contribution in [3.05, 3.63) is 46.7 Å². The number of hydrogen-bond donors (Lipinski definition) is 3. The average Bonchev–Trinajstić information content (AvgIpc) is 3.00. The quantitative estimate of drug-likeness (QED) is 0.496. The van der Waals surface area contributed by atoms with E-state index in [-0.39, 0.29) is 27.2 Å². The van der Waals surface area contributed by atoms with Crippen LogP contribution in [0.2, 0.25) is 5.02 Å². The monoisotopic (exact) mass is 473 g/mol. The number of hydrogen-bond acceptors (Lipinski definition) is 6. The molecule has 4 rings (SSSR count). The molecule has 0 unspecified atom stereocenters. The fraction of sp³-hybridized carbons (Fsp3) is 0.316. The Morgan fingerprint density at radius 3 is 2.56 bits per heavy atom. The number of β-amino-alcohol motifs (C(OH)–C–C–N with tert-alkyl or cyclic N) is 1. The molecular formula is C19H16ClF4N5O3. The number of halogens is 5. The zero-order valence-corrected chi connectivity index (χ0v) is 17.1. The molecule has 32 heavy (non-hydrogen) atoms. The van der Waals surface area contributed by atoms with Gasteiger partial charge >= 0.3 is 12.2 Å². The van der Waals surface area contributed by atoms with Gasteiger partial charge < -0.3 is 25.1 Å². The summed E-state index contributed by atoms with van der Waals surface area (Å²) >= 11 is 5.89. The topological polar surface area (TPSA) is 104 Å². The second kappa shape index (κ2) is 8.10. The highest BCUT2D eigenvalue weighted by atomic mass is 35.5. The van der Waals surface area contributed by atoms with Gasteiger partial charge in [-0.1, -0.05) is 11.6 Å². The van der Waals surface area contributed by atoms with Gasteiger partial charge in [0, 0.05) is 24.0 Å². The van der Waals surface area contributed by atoms with Crippen LogP contribution in [0.4, 0.5) is 34.0 Å². The molecule has 0 aliphatic carbocycles. The minimum Gasteiger partial charge on any atom is -0.457 e. The summed E-state index contributed by atoms with van der Waals surface area (Å²) in [4.78, 5) is 22.0. The maximum absolute atomic E-state index is 13.8. The largest absolute Gasteiger partial charge is 0.457 e. The number of aliphatic hydroxyl groups is 1. The Labute approximate surface area is 183 Å². The lowest BCUT2D eigenvalue weighted by Crippen LogP contribution is -2.51. The number of benzene rings is 1. The molecule has 1 saturated heterocycles. The van der Waals surface area contributed by atoms with Crippen LogP contribution in [0.15, 0.2) is 28.9 Å². The molecule has 3 heterocycles. The average molecular weight is 474 g/mol. The molecule has 0 radical (unpaired) electrons. The van der Waals surface area contributed by atoms with Crippen molar-refractivity contribution < 1.29 is 31.9 Å². The first-order valence-electron chi connectivity index (χ1n) is 9.30. The van der Waals surface area contributed by atoms with E-state index in [2.05, 4.69) is 15.3 Å². The Morgan fingerprint density at radius 2 is 1.97 bits per heavy atom. The third-order valence-electron chi connectivity index (χ3n) is 4.90. The van der Waals surface area contributed by atoms with Gasteiger partial charge in [0.25, 0.3) is 0 Å². The van der Waals surface area contributed by atoms with Crippen molar-refractivity contribution in [2.24, 2.45) is 0 Å². The van der Waals surface area contributed by atoms with Crippen molar-refractivity contribution in [1.82, 2.24) is 15.3 Å². The Hall–Kier alpha value is -3.12. The smallest absolute Gasteiger partial charge is 0.416 e. The maximum Gasteiger partial charge on any atom is 0.416 e. The summed E-state index contributed by atoms with van der Waals surface area (Å²) in [5.41, 5.74) is -0.0646. The van der Waals surface area contributed by atoms with E-state index < -0.39 is 35.9 Å². The molecule has 1 aliphatic heterocycles. The van der Waals surface area contributed by atoms with Crippen LogP contribution in [0.1, 0.15) is 17.4 Å². The van der Waals surface area contributed by atoms with E-state index in [1.807, 2.05) is 5.32 Å². The highest BCUT2D eigenvalue weighted by Crippen LogP contribution is 2.40. The summed E-state index contributed by atoms with van der Waals surface area (Å²) in [5.74, 6) is -1.03. The van der Waals surface area contributed by atoms with Crippen LogP contribution in [0, 0.1) is 12.7 Å². The zero-order chi connectivity index (χ0) is 23.2. The number of alkyl halides is 3. The number of carbonyl (C=O) groups is 1. The summed E-state index contributed by atoms with van der Waals surface area (Å²) in [6.45, 7) is 2.05. The fourth-order valence-corrected chi connectivity index (χ4v) is 3.54. The Balaban J connectivity index is 1.53. The Kier molecular flexibility index (Phi) is 5.59. The molecular weight excluding hydrogens is 458 g/mol. The van der Waals surface area contributed by atoms with Gasteiger partial charge in [-0.25, -0.2) is 19.2 Å². The van der Waals surface area contributed by atoms with Crippen molar-refractivity contribution in [2.45, 2.75) is 25.2 Å². The molecule has 1 aliphatic rings.